The van der Waals surface area contributed by atoms with Crippen LogP contribution in [0.5, 0.6) is 11.5 Å². The highest BCUT2D eigenvalue weighted by atomic mass is 16.5. The standard InChI is InChI=1S/C18H18N4O3/c1-24-16-8-6-13(7-9-16)18(23)19-11-14-12-22(21-20-14)15-4-3-5-17(10-15)25-2/h3-10,12H,11H2,1-2H3,(H,19,23). The van der Waals surface area contributed by atoms with E-state index in [0.717, 1.165) is 11.4 Å². The molecule has 7 heteroatoms. The van der Waals surface area contributed by atoms with Gasteiger partial charge >= 0.3 is 0 Å². The largest absolute Gasteiger partial charge is 0.497 e. The molecule has 1 N–H and O–H groups in total. The molecule has 1 aromatic heterocycles. The van der Waals surface area contributed by atoms with Crippen LogP contribution in [0.2, 0.25) is 0 Å². The monoisotopic (exact) mass is 338 g/mol. The number of hydrogen-bond acceptors (Lipinski definition) is 5. The first-order chi connectivity index (χ1) is 12.2. The second-order valence-corrected chi connectivity index (χ2v) is 5.27. The van der Waals surface area contributed by atoms with Crippen LogP contribution >= 0.6 is 0 Å². The Balaban J connectivity index is 1.63. The van der Waals surface area contributed by atoms with Gasteiger partial charge in [0.2, 0.25) is 0 Å². The third kappa shape index (κ3) is 3.95. The minimum Gasteiger partial charge on any atom is -0.497 e. The molecule has 3 aromatic rings. The number of nitrogens with zero attached hydrogens (tertiary/aromatic N) is 3. The molecule has 0 spiro atoms. The van der Waals surface area contributed by atoms with Crippen molar-refractivity contribution < 1.29 is 14.3 Å². The summed E-state index contributed by atoms with van der Waals surface area (Å²) in [7, 11) is 3.20. The van der Waals surface area contributed by atoms with E-state index in [9.17, 15) is 4.79 Å². The fourth-order valence-electron chi connectivity index (χ4n) is 2.27. The maximum Gasteiger partial charge on any atom is 0.251 e. The number of ether oxygens (including phenoxy) is 2. The molecule has 0 aliphatic heterocycles. The first kappa shape index (κ1) is 16.5. The number of carbonyl (C=O) groups excluding carboxylic acids is 1. The van der Waals surface area contributed by atoms with Gasteiger partial charge in [0, 0.05) is 11.6 Å². The lowest BCUT2D eigenvalue weighted by atomic mass is 10.2. The van der Waals surface area contributed by atoms with Gasteiger partial charge in [-0.2, -0.15) is 0 Å². The predicted molar refractivity (Wildman–Crippen MR) is 92.1 cm³/mol. The molecule has 1 amide bonds. The van der Waals surface area contributed by atoms with Crippen LogP contribution in [0.25, 0.3) is 5.69 Å². The third-order valence-corrected chi connectivity index (χ3v) is 3.64. The molecule has 0 radical (unpaired) electrons. The average molecular weight is 338 g/mol. The fraction of sp³-hybridized carbons (Fsp3) is 0.167. The molecule has 128 valence electrons. The Morgan fingerprint density at radius 2 is 1.84 bits per heavy atom. The number of amides is 1. The van der Waals surface area contributed by atoms with E-state index >= 15 is 0 Å². The van der Waals surface area contributed by atoms with Gasteiger partial charge in [-0.1, -0.05) is 11.3 Å². The van der Waals surface area contributed by atoms with Crippen molar-refractivity contribution >= 4 is 5.91 Å². The maximum absolute atomic E-state index is 12.2. The molecule has 0 saturated carbocycles. The van der Waals surface area contributed by atoms with Crippen LogP contribution in [0.1, 0.15) is 16.1 Å². The van der Waals surface area contributed by atoms with Gasteiger partial charge < -0.3 is 14.8 Å². The second kappa shape index (κ2) is 7.48. The number of benzene rings is 2. The lowest BCUT2D eigenvalue weighted by Crippen LogP contribution is -2.22. The molecule has 0 aliphatic rings. The van der Waals surface area contributed by atoms with E-state index in [0.29, 0.717) is 17.0 Å². The first-order valence-electron chi connectivity index (χ1n) is 7.67. The summed E-state index contributed by atoms with van der Waals surface area (Å²) >= 11 is 0. The summed E-state index contributed by atoms with van der Waals surface area (Å²) in [5, 5.41) is 11.0. The number of rotatable bonds is 6. The average Bonchev–Trinajstić information content (AvgIpc) is 3.15. The highest BCUT2D eigenvalue weighted by molar-refractivity contribution is 5.94. The van der Waals surface area contributed by atoms with Crippen molar-refractivity contribution in [2.24, 2.45) is 0 Å². The summed E-state index contributed by atoms with van der Waals surface area (Å²) in [4.78, 5) is 12.2. The zero-order valence-corrected chi connectivity index (χ0v) is 14.0. The van der Waals surface area contributed by atoms with Crippen LogP contribution in [0.3, 0.4) is 0 Å². The van der Waals surface area contributed by atoms with Crippen LogP contribution < -0.4 is 14.8 Å². The maximum atomic E-state index is 12.2. The van der Waals surface area contributed by atoms with Crippen molar-refractivity contribution in [2.75, 3.05) is 14.2 Å². The van der Waals surface area contributed by atoms with Crippen molar-refractivity contribution in [1.82, 2.24) is 20.3 Å². The van der Waals surface area contributed by atoms with Gasteiger partial charge in [-0.15, -0.1) is 5.10 Å². The molecule has 2 aromatic carbocycles. The Morgan fingerprint density at radius 1 is 1.08 bits per heavy atom. The minimum atomic E-state index is -0.182. The van der Waals surface area contributed by atoms with Gasteiger partial charge in [-0.25, -0.2) is 4.68 Å². The minimum absolute atomic E-state index is 0.182. The van der Waals surface area contributed by atoms with Gasteiger partial charge in [0.1, 0.15) is 17.2 Å². The molecular formula is C18H18N4O3. The molecular weight excluding hydrogens is 320 g/mol. The molecule has 0 atom stereocenters. The second-order valence-electron chi connectivity index (χ2n) is 5.27. The summed E-state index contributed by atoms with van der Waals surface area (Å²) < 4.78 is 11.9. The lowest BCUT2D eigenvalue weighted by Gasteiger charge is -2.04. The fourth-order valence-corrected chi connectivity index (χ4v) is 2.27. The number of aromatic nitrogens is 3. The lowest BCUT2D eigenvalue weighted by molar-refractivity contribution is 0.0950. The normalized spacial score (nSPS) is 10.3. The summed E-state index contributed by atoms with van der Waals surface area (Å²) in [6.45, 7) is 0.287. The SMILES string of the molecule is COc1ccc(C(=O)NCc2cn(-c3cccc(OC)c3)nn2)cc1. The van der Waals surface area contributed by atoms with Gasteiger partial charge in [-0.05, 0) is 36.4 Å². The molecule has 3 rings (SSSR count). The van der Waals surface area contributed by atoms with Gasteiger partial charge in [0.05, 0.1) is 32.6 Å². The quantitative estimate of drug-likeness (QED) is 0.745. The molecule has 1 heterocycles. The Bertz CT molecular complexity index is 859. The van der Waals surface area contributed by atoms with E-state index in [1.54, 1.807) is 49.4 Å². The smallest absolute Gasteiger partial charge is 0.251 e. The number of hydrogen-bond donors (Lipinski definition) is 1. The Hall–Kier alpha value is -3.35. The summed E-state index contributed by atoms with van der Waals surface area (Å²) in [6, 6.07) is 14.4. The van der Waals surface area contributed by atoms with Crippen molar-refractivity contribution in [2.45, 2.75) is 6.54 Å². The highest BCUT2D eigenvalue weighted by Gasteiger charge is 2.08. The number of carbonyl (C=O) groups is 1. The van der Waals surface area contributed by atoms with Gasteiger partial charge in [0.15, 0.2) is 0 Å². The van der Waals surface area contributed by atoms with E-state index in [1.807, 2.05) is 24.3 Å². The molecule has 0 unspecified atom stereocenters. The van der Waals surface area contributed by atoms with E-state index in [-0.39, 0.29) is 12.5 Å². The van der Waals surface area contributed by atoms with Crippen molar-refractivity contribution in [1.29, 1.82) is 0 Å². The van der Waals surface area contributed by atoms with Crippen LogP contribution in [0.15, 0.2) is 54.7 Å². The van der Waals surface area contributed by atoms with E-state index in [2.05, 4.69) is 15.6 Å². The number of nitrogens with one attached hydrogen (secondary N) is 1. The molecule has 0 fully saturated rings. The van der Waals surface area contributed by atoms with E-state index < -0.39 is 0 Å². The summed E-state index contributed by atoms with van der Waals surface area (Å²) in [5.41, 5.74) is 2.05. The van der Waals surface area contributed by atoms with Gasteiger partial charge in [-0.3, -0.25) is 4.79 Å². The van der Waals surface area contributed by atoms with E-state index in [1.165, 1.54) is 0 Å². The molecule has 0 bridgehead atoms. The zero-order chi connectivity index (χ0) is 17.6. The molecule has 25 heavy (non-hydrogen) atoms. The topological polar surface area (TPSA) is 78.3 Å². The number of methoxy groups -OCH3 is 2. The predicted octanol–water partition coefficient (Wildman–Crippen LogP) is 2.21. The van der Waals surface area contributed by atoms with Crippen LogP contribution in [-0.4, -0.2) is 35.1 Å². The Morgan fingerprint density at radius 3 is 2.56 bits per heavy atom. The van der Waals surface area contributed by atoms with E-state index in [4.69, 9.17) is 9.47 Å². The van der Waals surface area contributed by atoms with Crippen LogP contribution in [-0.2, 0) is 6.54 Å². The zero-order valence-electron chi connectivity index (χ0n) is 14.0. The van der Waals surface area contributed by atoms with Crippen molar-refractivity contribution in [3.05, 3.63) is 66.0 Å². The van der Waals surface area contributed by atoms with Crippen molar-refractivity contribution in [3.63, 3.8) is 0 Å². The Kier molecular flexibility index (Phi) is 4.94. The molecule has 7 nitrogen and oxygen atoms in total. The highest BCUT2D eigenvalue weighted by Crippen LogP contribution is 2.15. The molecule has 0 aliphatic carbocycles. The molecule has 0 saturated heterocycles. The van der Waals surface area contributed by atoms with Crippen LogP contribution in [0, 0.1) is 0 Å². The third-order valence-electron chi connectivity index (χ3n) is 3.64. The Labute approximate surface area is 145 Å². The summed E-state index contributed by atoms with van der Waals surface area (Å²) in [6.07, 6.45) is 1.77. The van der Waals surface area contributed by atoms with Crippen LogP contribution in [0.4, 0.5) is 0 Å². The van der Waals surface area contributed by atoms with Gasteiger partial charge in [0.25, 0.3) is 5.91 Å². The van der Waals surface area contributed by atoms with Crippen molar-refractivity contribution in [3.8, 4) is 17.2 Å². The summed E-state index contributed by atoms with van der Waals surface area (Å²) in [5.74, 6) is 1.26. The first-order valence-corrected chi connectivity index (χ1v) is 7.67.